The van der Waals surface area contributed by atoms with Crippen LogP contribution < -0.4 is 10.1 Å². The molecule has 120 valence electrons. The average molecular weight is 330 g/mol. The highest BCUT2D eigenvalue weighted by atomic mass is 35.5. The fourth-order valence-electron chi connectivity index (χ4n) is 2.56. The highest BCUT2D eigenvalue weighted by Crippen LogP contribution is 2.24. The van der Waals surface area contributed by atoms with Gasteiger partial charge < -0.3 is 15.0 Å². The first-order valence-corrected chi connectivity index (χ1v) is 8.11. The number of hydrogen-bond acceptors (Lipinski definition) is 3. The van der Waals surface area contributed by atoms with E-state index >= 15 is 0 Å². The molecule has 0 aliphatic carbocycles. The van der Waals surface area contributed by atoms with Crippen LogP contribution in [0.1, 0.15) is 17.8 Å². The molecule has 3 aromatic rings. The third-order valence-electron chi connectivity index (χ3n) is 3.75. The van der Waals surface area contributed by atoms with E-state index in [1.165, 1.54) is 0 Å². The molecule has 5 heteroatoms. The molecule has 0 radical (unpaired) electrons. The van der Waals surface area contributed by atoms with Gasteiger partial charge in [-0.15, -0.1) is 0 Å². The summed E-state index contributed by atoms with van der Waals surface area (Å²) in [6, 6.07) is 14.0. The third kappa shape index (κ3) is 4.03. The first kappa shape index (κ1) is 15.8. The third-order valence-corrected chi connectivity index (χ3v) is 4.05. The van der Waals surface area contributed by atoms with E-state index in [0.717, 1.165) is 48.4 Å². The molecular weight excluding hydrogens is 310 g/mol. The van der Waals surface area contributed by atoms with Crippen molar-refractivity contribution < 1.29 is 4.74 Å². The summed E-state index contributed by atoms with van der Waals surface area (Å²) in [6.45, 7) is 1.73. The molecule has 0 fully saturated rings. The maximum Gasteiger partial charge on any atom is 0.137 e. The van der Waals surface area contributed by atoms with Gasteiger partial charge in [0.1, 0.15) is 11.6 Å². The molecule has 4 nitrogen and oxygen atoms in total. The zero-order valence-electron chi connectivity index (χ0n) is 13.1. The number of aryl methyl sites for hydroxylation is 1. The summed E-state index contributed by atoms with van der Waals surface area (Å²) < 4.78 is 5.15. The summed E-state index contributed by atoms with van der Waals surface area (Å²) in [6.07, 6.45) is 1.97. The largest absolute Gasteiger partial charge is 0.495 e. The number of hydrogen-bond donors (Lipinski definition) is 2. The van der Waals surface area contributed by atoms with E-state index in [4.69, 9.17) is 16.3 Å². The van der Waals surface area contributed by atoms with Crippen molar-refractivity contribution in [1.82, 2.24) is 15.3 Å². The summed E-state index contributed by atoms with van der Waals surface area (Å²) in [5.74, 6) is 1.75. The van der Waals surface area contributed by atoms with Gasteiger partial charge in [-0.2, -0.15) is 0 Å². The number of imidazole rings is 1. The summed E-state index contributed by atoms with van der Waals surface area (Å²) in [4.78, 5) is 7.94. The molecular formula is C18H20ClN3O. The van der Waals surface area contributed by atoms with Crippen molar-refractivity contribution in [3.63, 3.8) is 0 Å². The Morgan fingerprint density at radius 1 is 1.22 bits per heavy atom. The number of nitrogens with one attached hydrogen (secondary N) is 2. The summed E-state index contributed by atoms with van der Waals surface area (Å²) in [5, 5.41) is 4.08. The predicted octanol–water partition coefficient (Wildman–Crippen LogP) is 3.95. The summed E-state index contributed by atoms with van der Waals surface area (Å²) >= 11 is 6.12. The molecule has 23 heavy (non-hydrogen) atoms. The van der Waals surface area contributed by atoms with E-state index in [0.29, 0.717) is 10.8 Å². The van der Waals surface area contributed by atoms with Gasteiger partial charge in [-0.05, 0) is 42.8 Å². The van der Waals surface area contributed by atoms with Gasteiger partial charge in [0.05, 0.1) is 23.2 Å². The molecule has 1 heterocycles. The zero-order valence-corrected chi connectivity index (χ0v) is 13.9. The van der Waals surface area contributed by atoms with E-state index in [9.17, 15) is 0 Å². The lowest BCUT2D eigenvalue weighted by Gasteiger charge is -2.07. The number of para-hydroxylation sites is 2. The van der Waals surface area contributed by atoms with Crippen LogP contribution in [-0.4, -0.2) is 23.6 Å². The average Bonchev–Trinajstić information content (AvgIpc) is 2.97. The number of halogens is 1. The van der Waals surface area contributed by atoms with Gasteiger partial charge in [0, 0.05) is 13.0 Å². The minimum absolute atomic E-state index is 0.647. The Labute approximate surface area is 140 Å². The SMILES string of the molecule is COc1ccc(CNCCCc2nc3ccccc3[nH]2)cc1Cl. The minimum atomic E-state index is 0.647. The van der Waals surface area contributed by atoms with Crippen molar-refractivity contribution in [3.8, 4) is 5.75 Å². The van der Waals surface area contributed by atoms with Crippen LogP contribution in [0.5, 0.6) is 5.75 Å². The molecule has 0 saturated carbocycles. The lowest BCUT2D eigenvalue weighted by atomic mass is 10.2. The first-order valence-electron chi connectivity index (χ1n) is 7.73. The van der Waals surface area contributed by atoms with Gasteiger partial charge in [-0.1, -0.05) is 29.8 Å². The van der Waals surface area contributed by atoms with Crippen LogP contribution in [0.15, 0.2) is 42.5 Å². The number of H-pyrrole nitrogens is 1. The van der Waals surface area contributed by atoms with Gasteiger partial charge in [-0.3, -0.25) is 0 Å². The number of ether oxygens (including phenoxy) is 1. The molecule has 0 saturated heterocycles. The van der Waals surface area contributed by atoms with E-state index in [1.54, 1.807) is 7.11 Å². The first-order chi connectivity index (χ1) is 11.3. The molecule has 3 rings (SSSR count). The maximum atomic E-state index is 6.12. The number of benzene rings is 2. The standard InChI is InChI=1S/C18H20ClN3O/c1-23-17-9-8-13(11-14(17)19)12-20-10-4-7-18-21-15-5-2-3-6-16(15)22-18/h2-3,5-6,8-9,11,20H,4,7,10,12H2,1H3,(H,21,22). The van der Waals surface area contributed by atoms with Crippen molar-refractivity contribution in [1.29, 1.82) is 0 Å². The Bertz CT molecular complexity index is 752. The molecule has 0 amide bonds. The lowest BCUT2D eigenvalue weighted by molar-refractivity contribution is 0.415. The zero-order chi connectivity index (χ0) is 16.1. The van der Waals surface area contributed by atoms with Gasteiger partial charge in [0.2, 0.25) is 0 Å². The molecule has 1 aromatic heterocycles. The smallest absolute Gasteiger partial charge is 0.137 e. The van der Waals surface area contributed by atoms with Gasteiger partial charge >= 0.3 is 0 Å². The number of fused-ring (bicyclic) bond motifs is 1. The minimum Gasteiger partial charge on any atom is -0.495 e. The second-order valence-electron chi connectivity index (χ2n) is 5.45. The Kier molecular flexibility index (Phi) is 5.16. The quantitative estimate of drug-likeness (QED) is 0.645. The van der Waals surface area contributed by atoms with E-state index in [2.05, 4.69) is 21.4 Å². The highest BCUT2D eigenvalue weighted by molar-refractivity contribution is 6.32. The molecule has 0 aliphatic heterocycles. The highest BCUT2D eigenvalue weighted by Gasteiger charge is 2.03. The number of rotatable bonds is 7. The van der Waals surface area contributed by atoms with Crippen molar-refractivity contribution >= 4 is 22.6 Å². The molecule has 2 N–H and O–H groups in total. The van der Waals surface area contributed by atoms with Gasteiger partial charge in [-0.25, -0.2) is 4.98 Å². The Hall–Kier alpha value is -2.04. The van der Waals surface area contributed by atoms with E-state index < -0.39 is 0 Å². The second-order valence-corrected chi connectivity index (χ2v) is 5.86. The van der Waals surface area contributed by atoms with Crippen LogP contribution in [-0.2, 0) is 13.0 Å². The lowest BCUT2D eigenvalue weighted by Crippen LogP contribution is -2.15. The van der Waals surface area contributed by atoms with E-state index in [-0.39, 0.29) is 0 Å². The molecule has 0 atom stereocenters. The normalized spacial score (nSPS) is 11.0. The molecule has 0 aliphatic rings. The van der Waals surface area contributed by atoms with Gasteiger partial charge in [0.25, 0.3) is 0 Å². The van der Waals surface area contributed by atoms with Crippen molar-refractivity contribution in [3.05, 3.63) is 58.9 Å². The fourth-order valence-corrected chi connectivity index (χ4v) is 2.84. The van der Waals surface area contributed by atoms with Crippen LogP contribution in [0.3, 0.4) is 0 Å². The molecule has 0 bridgehead atoms. The van der Waals surface area contributed by atoms with Crippen LogP contribution in [0.4, 0.5) is 0 Å². The Morgan fingerprint density at radius 3 is 2.87 bits per heavy atom. The van der Waals surface area contributed by atoms with Gasteiger partial charge in [0.15, 0.2) is 0 Å². The van der Waals surface area contributed by atoms with Crippen LogP contribution in [0, 0.1) is 0 Å². The number of aromatic nitrogens is 2. The second kappa shape index (κ2) is 7.49. The number of aromatic amines is 1. The van der Waals surface area contributed by atoms with Crippen LogP contribution in [0.25, 0.3) is 11.0 Å². The monoisotopic (exact) mass is 329 g/mol. The topological polar surface area (TPSA) is 49.9 Å². The summed E-state index contributed by atoms with van der Waals surface area (Å²) in [5.41, 5.74) is 3.28. The van der Waals surface area contributed by atoms with Crippen LogP contribution in [0.2, 0.25) is 5.02 Å². The fraction of sp³-hybridized carbons (Fsp3) is 0.278. The predicted molar refractivity (Wildman–Crippen MR) is 94.1 cm³/mol. The van der Waals surface area contributed by atoms with Crippen molar-refractivity contribution in [2.45, 2.75) is 19.4 Å². The number of nitrogens with zero attached hydrogens (tertiary/aromatic N) is 1. The number of methoxy groups -OCH3 is 1. The molecule has 2 aromatic carbocycles. The molecule has 0 unspecified atom stereocenters. The Balaban J connectivity index is 1.44. The van der Waals surface area contributed by atoms with Crippen molar-refractivity contribution in [2.24, 2.45) is 0 Å². The van der Waals surface area contributed by atoms with Crippen LogP contribution >= 0.6 is 11.6 Å². The van der Waals surface area contributed by atoms with Crippen molar-refractivity contribution in [2.75, 3.05) is 13.7 Å². The molecule has 0 spiro atoms. The maximum absolute atomic E-state index is 6.12. The Morgan fingerprint density at radius 2 is 2.09 bits per heavy atom. The van der Waals surface area contributed by atoms with E-state index in [1.807, 2.05) is 36.4 Å². The summed E-state index contributed by atoms with van der Waals surface area (Å²) in [7, 11) is 1.62.